The molecule has 1 aromatic carbocycles. The lowest BCUT2D eigenvalue weighted by atomic mass is 10.2. The molecule has 0 saturated carbocycles. The van der Waals surface area contributed by atoms with Crippen molar-refractivity contribution in [3.63, 3.8) is 0 Å². The molecule has 0 aliphatic heterocycles. The number of pyridine rings is 1. The topological polar surface area (TPSA) is 98.7 Å². The fraction of sp³-hybridized carbons (Fsp3) is 0.105. The van der Waals surface area contributed by atoms with E-state index in [2.05, 4.69) is 25.5 Å². The fourth-order valence-corrected chi connectivity index (χ4v) is 2.92. The molecule has 28 heavy (non-hydrogen) atoms. The van der Waals surface area contributed by atoms with Crippen molar-refractivity contribution < 1.29 is 9.32 Å². The number of rotatable bonds is 4. The maximum atomic E-state index is 12.3. The first-order valence-corrected chi connectivity index (χ1v) is 8.76. The van der Waals surface area contributed by atoms with E-state index in [-0.39, 0.29) is 5.91 Å². The Morgan fingerprint density at radius 1 is 1.21 bits per heavy atom. The number of hydrogen-bond acceptors (Lipinski definition) is 6. The molecular weight excluding hydrogens is 380 g/mol. The van der Waals surface area contributed by atoms with E-state index < -0.39 is 0 Å². The van der Waals surface area contributed by atoms with Crippen LogP contribution in [0, 0.1) is 6.92 Å². The zero-order valence-electron chi connectivity index (χ0n) is 15.0. The van der Waals surface area contributed by atoms with Gasteiger partial charge in [0.2, 0.25) is 11.7 Å². The molecule has 0 saturated heterocycles. The van der Waals surface area contributed by atoms with E-state index in [1.165, 1.54) is 0 Å². The Morgan fingerprint density at radius 3 is 2.71 bits per heavy atom. The van der Waals surface area contributed by atoms with Crippen molar-refractivity contribution in [3.8, 4) is 22.8 Å². The summed E-state index contributed by atoms with van der Waals surface area (Å²) in [6, 6.07) is 12.3. The molecule has 0 aliphatic rings. The summed E-state index contributed by atoms with van der Waals surface area (Å²) in [7, 11) is 1.82. The van der Waals surface area contributed by atoms with Crippen LogP contribution >= 0.6 is 11.6 Å². The van der Waals surface area contributed by atoms with Gasteiger partial charge in [-0.2, -0.15) is 10.1 Å². The largest absolute Gasteiger partial charge is 0.339 e. The maximum Gasteiger partial charge on any atom is 0.258 e. The van der Waals surface area contributed by atoms with Crippen molar-refractivity contribution in [2.75, 3.05) is 5.32 Å². The molecule has 3 aromatic heterocycles. The summed E-state index contributed by atoms with van der Waals surface area (Å²) >= 11 is 6.05. The van der Waals surface area contributed by atoms with Gasteiger partial charge in [0.15, 0.2) is 0 Å². The number of anilines is 1. The number of nitrogens with one attached hydrogen (secondary N) is 1. The van der Waals surface area contributed by atoms with Crippen LogP contribution in [0.4, 0.5) is 5.82 Å². The molecule has 140 valence electrons. The molecule has 8 nitrogen and oxygen atoms in total. The minimum absolute atomic E-state index is 0.318. The molecule has 0 radical (unpaired) electrons. The molecule has 0 spiro atoms. The number of hydrogen-bond donors (Lipinski definition) is 1. The highest BCUT2D eigenvalue weighted by molar-refractivity contribution is 6.34. The van der Waals surface area contributed by atoms with E-state index in [1.807, 2.05) is 19.2 Å². The van der Waals surface area contributed by atoms with Gasteiger partial charge in [-0.15, -0.1) is 0 Å². The second-order valence-corrected chi connectivity index (χ2v) is 6.45. The lowest BCUT2D eigenvalue weighted by Gasteiger charge is -2.07. The summed E-state index contributed by atoms with van der Waals surface area (Å²) in [5.74, 6) is 1.00. The van der Waals surface area contributed by atoms with Crippen molar-refractivity contribution in [2.45, 2.75) is 6.92 Å². The first kappa shape index (κ1) is 17.9. The van der Waals surface area contributed by atoms with Crippen LogP contribution in [0.1, 0.15) is 16.2 Å². The SMILES string of the molecule is Cc1nc(-c2cc(-c3ccc(NC(=O)c4ccccc4Cl)nc3)n(C)n2)no1. The normalized spacial score (nSPS) is 10.8. The molecule has 0 atom stereocenters. The first-order valence-electron chi connectivity index (χ1n) is 8.38. The summed E-state index contributed by atoms with van der Waals surface area (Å²) in [6.07, 6.45) is 1.66. The molecule has 1 N–H and O–H groups in total. The Balaban J connectivity index is 1.55. The smallest absolute Gasteiger partial charge is 0.258 e. The monoisotopic (exact) mass is 394 g/mol. The van der Waals surface area contributed by atoms with Crippen molar-refractivity contribution >= 4 is 23.3 Å². The van der Waals surface area contributed by atoms with Crippen molar-refractivity contribution in [1.29, 1.82) is 0 Å². The lowest BCUT2D eigenvalue weighted by Crippen LogP contribution is -2.13. The van der Waals surface area contributed by atoms with E-state index in [0.717, 1.165) is 11.3 Å². The van der Waals surface area contributed by atoms with Gasteiger partial charge in [0, 0.05) is 25.7 Å². The number of carbonyl (C=O) groups is 1. The van der Waals surface area contributed by atoms with E-state index >= 15 is 0 Å². The highest BCUT2D eigenvalue weighted by Crippen LogP contribution is 2.24. The van der Waals surface area contributed by atoms with Crippen LogP contribution in [0.25, 0.3) is 22.8 Å². The van der Waals surface area contributed by atoms with Gasteiger partial charge in [-0.3, -0.25) is 9.48 Å². The summed E-state index contributed by atoms with van der Waals surface area (Å²) < 4.78 is 6.71. The summed E-state index contributed by atoms with van der Waals surface area (Å²) in [6.45, 7) is 1.72. The average Bonchev–Trinajstić information content (AvgIpc) is 3.28. The van der Waals surface area contributed by atoms with Crippen LogP contribution in [0.3, 0.4) is 0 Å². The molecule has 0 fully saturated rings. The number of aromatic nitrogens is 5. The van der Waals surface area contributed by atoms with Gasteiger partial charge >= 0.3 is 0 Å². The van der Waals surface area contributed by atoms with Gasteiger partial charge in [-0.25, -0.2) is 4.98 Å². The van der Waals surface area contributed by atoms with Crippen LogP contribution in [-0.2, 0) is 7.05 Å². The Labute approximate surface area is 165 Å². The second kappa shape index (κ2) is 7.24. The molecule has 0 aliphatic carbocycles. The molecule has 0 unspecified atom stereocenters. The second-order valence-electron chi connectivity index (χ2n) is 6.04. The molecule has 4 aromatic rings. The minimum atomic E-state index is -0.318. The van der Waals surface area contributed by atoms with E-state index in [4.69, 9.17) is 16.1 Å². The van der Waals surface area contributed by atoms with Crippen LogP contribution in [0.2, 0.25) is 5.02 Å². The molecular formula is C19H15ClN6O2. The van der Waals surface area contributed by atoms with Gasteiger partial charge < -0.3 is 9.84 Å². The van der Waals surface area contributed by atoms with Crippen LogP contribution in [-0.4, -0.2) is 30.8 Å². The Kier molecular flexibility index (Phi) is 4.62. The number of nitrogens with zero attached hydrogens (tertiary/aromatic N) is 5. The predicted molar refractivity (Wildman–Crippen MR) is 104 cm³/mol. The number of aryl methyl sites for hydroxylation is 2. The number of benzene rings is 1. The lowest BCUT2D eigenvalue weighted by molar-refractivity contribution is 0.102. The Bertz CT molecular complexity index is 1150. The summed E-state index contributed by atoms with van der Waals surface area (Å²) in [5.41, 5.74) is 2.65. The zero-order chi connectivity index (χ0) is 19.7. The van der Waals surface area contributed by atoms with Crippen LogP contribution in [0.5, 0.6) is 0 Å². The van der Waals surface area contributed by atoms with Crippen LogP contribution < -0.4 is 5.32 Å². The van der Waals surface area contributed by atoms with Gasteiger partial charge in [0.05, 0.1) is 16.3 Å². The van der Waals surface area contributed by atoms with E-state index in [9.17, 15) is 4.79 Å². The van der Waals surface area contributed by atoms with E-state index in [0.29, 0.717) is 33.8 Å². The van der Waals surface area contributed by atoms with Crippen molar-refractivity contribution in [3.05, 3.63) is 65.1 Å². The zero-order valence-corrected chi connectivity index (χ0v) is 15.8. The molecule has 4 rings (SSSR count). The van der Waals surface area contributed by atoms with Gasteiger partial charge in [-0.05, 0) is 30.3 Å². The quantitative estimate of drug-likeness (QED) is 0.566. The Hall–Kier alpha value is -3.52. The number of halogens is 1. The number of amides is 1. The highest BCUT2D eigenvalue weighted by Gasteiger charge is 2.15. The minimum Gasteiger partial charge on any atom is -0.339 e. The molecule has 0 bridgehead atoms. The predicted octanol–water partition coefficient (Wildman–Crippen LogP) is 3.75. The van der Waals surface area contributed by atoms with Crippen LogP contribution in [0.15, 0.2) is 53.2 Å². The standard InChI is InChI=1S/C19H15ClN6O2/c1-11-22-18(25-28-11)15-9-16(26(2)24-15)12-7-8-17(21-10-12)23-19(27)13-5-3-4-6-14(13)20/h3-10H,1-2H3,(H,21,23,27). The van der Waals surface area contributed by atoms with Gasteiger partial charge in [-0.1, -0.05) is 28.9 Å². The van der Waals surface area contributed by atoms with Gasteiger partial charge in [0.1, 0.15) is 11.5 Å². The average molecular weight is 395 g/mol. The maximum absolute atomic E-state index is 12.3. The highest BCUT2D eigenvalue weighted by atomic mass is 35.5. The third kappa shape index (κ3) is 3.49. The summed E-state index contributed by atoms with van der Waals surface area (Å²) in [4.78, 5) is 20.8. The third-order valence-electron chi connectivity index (χ3n) is 4.06. The fourth-order valence-electron chi connectivity index (χ4n) is 2.70. The van der Waals surface area contributed by atoms with Crippen molar-refractivity contribution in [1.82, 2.24) is 24.9 Å². The van der Waals surface area contributed by atoms with E-state index in [1.54, 1.807) is 48.1 Å². The van der Waals surface area contributed by atoms with Gasteiger partial charge in [0.25, 0.3) is 5.91 Å². The summed E-state index contributed by atoms with van der Waals surface area (Å²) in [5, 5.41) is 11.4. The third-order valence-corrected chi connectivity index (χ3v) is 4.39. The first-order chi connectivity index (χ1) is 13.5. The molecule has 9 heteroatoms. The Morgan fingerprint density at radius 2 is 2.04 bits per heavy atom. The van der Waals surface area contributed by atoms with Crippen molar-refractivity contribution in [2.24, 2.45) is 7.05 Å². The number of carbonyl (C=O) groups excluding carboxylic acids is 1. The molecule has 1 amide bonds. The molecule has 3 heterocycles.